The molecule has 2 aromatic rings. The second-order valence-electron chi connectivity index (χ2n) is 5.87. The number of thiocarbonyl (C=S) groups is 1. The number of rotatable bonds is 6. The SMILES string of the molecule is O=C(C=Cc1ccccc1Cl)NC(=S)NNC(=O)CCC(=O)Nc1ccccc1Cl. The first-order valence-corrected chi connectivity index (χ1v) is 9.88. The summed E-state index contributed by atoms with van der Waals surface area (Å²) in [6.45, 7) is 0. The van der Waals surface area contributed by atoms with Crippen molar-refractivity contribution in [2.75, 3.05) is 5.32 Å². The predicted molar refractivity (Wildman–Crippen MR) is 122 cm³/mol. The Kier molecular flexibility index (Phi) is 9.27. The molecule has 0 atom stereocenters. The van der Waals surface area contributed by atoms with Crippen LogP contribution in [0.2, 0.25) is 10.0 Å². The molecule has 30 heavy (non-hydrogen) atoms. The molecule has 2 rings (SSSR count). The third kappa shape index (κ3) is 8.20. The number of benzene rings is 2. The van der Waals surface area contributed by atoms with Gasteiger partial charge in [0.1, 0.15) is 0 Å². The normalized spacial score (nSPS) is 10.3. The molecule has 0 fully saturated rings. The van der Waals surface area contributed by atoms with Crippen LogP contribution in [0, 0.1) is 0 Å². The van der Waals surface area contributed by atoms with E-state index in [-0.39, 0.29) is 23.9 Å². The summed E-state index contributed by atoms with van der Waals surface area (Å²) in [5.74, 6) is -1.34. The zero-order valence-electron chi connectivity index (χ0n) is 15.6. The molecule has 2 aromatic carbocycles. The molecule has 0 saturated carbocycles. The number of amides is 3. The summed E-state index contributed by atoms with van der Waals surface area (Å²) in [5.41, 5.74) is 5.84. The van der Waals surface area contributed by atoms with E-state index in [1.54, 1.807) is 48.5 Å². The number of halogens is 2. The first-order chi connectivity index (χ1) is 14.3. The monoisotopic (exact) mass is 464 g/mol. The first kappa shape index (κ1) is 23.3. The number of carbonyl (C=O) groups excluding carboxylic acids is 3. The molecule has 0 bridgehead atoms. The molecule has 0 spiro atoms. The summed E-state index contributed by atoms with van der Waals surface area (Å²) in [5, 5.41) is 5.80. The lowest BCUT2D eigenvalue weighted by Crippen LogP contribution is -2.48. The zero-order chi connectivity index (χ0) is 21.9. The Labute approximate surface area is 188 Å². The average Bonchev–Trinajstić information content (AvgIpc) is 2.72. The Hall–Kier alpha value is -2.94. The number of hydrogen-bond donors (Lipinski definition) is 4. The van der Waals surface area contributed by atoms with Gasteiger partial charge in [-0.1, -0.05) is 53.5 Å². The summed E-state index contributed by atoms with van der Waals surface area (Å²) in [4.78, 5) is 35.6. The fourth-order valence-electron chi connectivity index (χ4n) is 2.15. The molecule has 0 radical (unpaired) electrons. The molecule has 0 unspecified atom stereocenters. The molecule has 0 aliphatic rings. The van der Waals surface area contributed by atoms with Crippen molar-refractivity contribution in [3.8, 4) is 0 Å². The Morgan fingerprint density at radius 3 is 2.20 bits per heavy atom. The summed E-state index contributed by atoms with van der Waals surface area (Å²) >= 11 is 16.9. The van der Waals surface area contributed by atoms with Crippen molar-refractivity contribution >= 4 is 70.0 Å². The van der Waals surface area contributed by atoms with Gasteiger partial charge in [-0.2, -0.15) is 0 Å². The molecule has 156 valence electrons. The minimum Gasteiger partial charge on any atom is -0.325 e. The van der Waals surface area contributed by atoms with Crippen molar-refractivity contribution in [3.05, 3.63) is 70.2 Å². The number of nitrogens with one attached hydrogen (secondary N) is 4. The van der Waals surface area contributed by atoms with Crippen LogP contribution in [0.25, 0.3) is 6.08 Å². The van der Waals surface area contributed by atoms with E-state index in [9.17, 15) is 14.4 Å². The maximum absolute atomic E-state index is 11.9. The van der Waals surface area contributed by atoms with Gasteiger partial charge in [-0.15, -0.1) is 0 Å². The molecule has 4 N–H and O–H groups in total. The Bertz CT molecular complexity index is 982. The topological polar surface area (TPSA) is 99.3 Å². The highest BCUT2D eigenvalue weighted by molar-refractivity contribution is 7.80. The molecular formula is C20H18Cl2N4O3S. The zero-order valence-corrected chi connectivity index (χ0v) is 17.9. The second kappa shape index (κ2) is 11.9. The predicted octanol–water partition coefficient (Wildman–Crippen LogP) is 3.45. The number of para-hydroxylation sites is 1. The largest absolute Gasteiger partial charge is 0.325 e. The summed E-state index contributed by atoms with van der Waals surface area (Å²) in [7, 11) is 0. The van der Waals surface area contributed by atoms with Gasteiger partial charge in [-0.3, -0.25) is 30.6 Å². The van der Waals surface area contributed by atoms with E-state index in [2.05, 4.69) is 21.5 Å². The lowest BCUT2D eigenvalue weighted by Gasteiger charge is -2.10. The smallest absolute Gasteiger partial charge is 0.250 e. The second-order valence-corrected chi connectivity index (χ2v) is 7.10. The van der Waals surface area contributed by atoms with Gasteiger partial charge in [0.25, 0.3) is 0 Å². The van der Waals surface area contributed by atoms with E-state index < -0.39 is 11.8 Å². The molecule has 0 aliphatic heterocycles. The number of carbonyl (C=O) groups is 3. The van der Waals surface area contributed by atoms with Gasteiger partial charge >= 0.3 is 0 Å². The van der Waals surface area contributed by atoms with Gasteiger partial charge in [0.05, 0.1) is 10.7 Å². The molecule has 0 heterocycles. The molecule has 3 amide bonds. The number of hydrazine groups is 1. The first-order valence-electron chi connectivity index (χ1n) is 8.72. The van der Waals surface area contributed by atoms with Gasteiger partial charge in [0.15, 0.2) is 5.11 Å². The van der Waals surface area contributed by atoms with Gasteiger partial charge < -0.3 is 5.32 Å². The third-order valence-electron chi connectivity index (χ3n) is 3.60. The lowest BCUT2D eigenvalue weighted by atomic mass is 10.2. The fraction of sp³-hybridized carbons (Fsp3) is 0.100. The van der Waals surface area contributed by atoms with Crippen LogP contribution in [0.4, 0.5) is 5.69 Å². The number of hydrogen-bond acceptors (Lipinski definition) is 4. The average molecular weight is 465 g/mol. The van der Waals surface area contributed by atoms with E-state index in [1.165, 1.54) is 12.2 Å². The Morgan fingerprint density at radius 1 is 0.867 bits per heavy atom. The van der Waals surface area contributed by atoms with Crippen molar-refractivity contribution in [2.24, 2.45) is 0 Å². The van der Waals surface area contributed by atoms with E-state index in [4.69, 9.17) is 35.4 Å². The van der Waals surface area contributed by atoms with Crippen LogP contribution < -0.4 is 21.5 Å². The van der Waals surface area contributed by atoms with Crippen LogP contribution in [0.15, 0.2) is 54.6 Å². The van der Waals surface area contributed by atoms with E-state index >= 15 is 0 Å². The highest BCUT2D eigenvalue weighted by Crippen LogP contribution is 2.20. The van der Waals surface area contributed by atoms with Crippen LogP contribution in [0.5, 0.6) is 0 Å². The van der Waals surface area contributed by atoms with E-state index in [0.29, 0.717) is 21.3 Å². The van der Waals surface area contributed by atoms with Crippen LogP contribution in [0.3, 0.4) is 0 Å². The maximum atomic E-state index is 11.9. The van der Waals surface area contributed by atoms with Gasteiger partial charge in [0, 0.05) is 23.9 Å². The van der Waals surface area contributed by atoms with E-state index in [0.717, 1.165) is 0 Å². The quantitative estimate of drug-likeness (QED) is 0.298. The Balaban J connectivity index is 1.68. The summed E-state index contributed by atoms with van der Waals surface area (Å²) in [6, 6.07) is 13.8. The van der Waals surface area contributed by atoms with Crippen molar-refractivity contribution in [1.82, 2.24) is 16.2 Å². The summed E-state index contributed by atoms with van der Waals surface area (Å²) in [6.07, 6.45) is 2.65. The van der Waals surface area contributed by atoms with Gasteiger partial charge in [-0.25, -0.2) is 0 Å². The van der Waals surface area contributed by atoms with Gasteiger partial charge in [-0.05, 0) is 42.1 Å². The van der Waals surface area contributed by atoms with Crippen LogP contribution in [-0.2, 0) is 14.4 Å². The molecule has 7 nitrogen and oxygen atoms in total. The number of anilines is 1. The maximum Gasteiger partial charge on any atom is 0.250 e. The Morgan fingerprint density at radius 2 is 1.50 bits per heavy atom. The van der Waals surface area contributed by atoms with E-state index in [1.807, 2.05) is 0 Å². The van der Waals surface area contributed by atoms with Crippen LogP contribution >= 0.6 is 35.4 Å². The van der Waals surface area contributed by atoms with Gasteiger partial charge in [0.2, 0.25) is 17.7 Å². The minimum atomic E-state index is -0.499. The molecule has 0 saturated heterocycles. The van der Waals surface area contributed by atoms with Crippen molar-refractivity contribution in [1.29, 1.82) is 0 Å². The molecule has 0 aliphatic carbocycles. The molecule has 10 heteroatoms. The molecule has 0 aromatic heterocycles. The highest BCUT2D eigenvalue weighted by atomic mass is 35.5. The molecular weight excluding hydrogens is 447 g/mol. The highest BCUT2D eigenvalue weighted by Gasteiger charge is 2.09. The summed E-state index contributed by atoms with van der Waals surface area (Å²) < 4.78 is 0. The van der Waals surface area contributed by atoms with Crippen molar-refractivity contribution < 1.29 is 14.4 Å². The minimum absolute atomic E-state index is 0.0571. The van der Waals surface area contributed by atoms with Crippen molar-refractivity contribution in [3.63, 3.8) is 0 Å². The lowest BCUT2D eigenvalue weighted by molar-refractivity contribution is -0.124. The fourth-order valence-corrected chi connectivity index (χ4v) is 2.69. The van der Waals surface area contributed by atoms with Crippen molar-refractivity contribution in [2.45, 2.75) is 12.8 Å². The third-order valence-corrected chi connectivity index (χ3v) is 4.48. The standard InChI is InChI=1S/C20H18Cl2N4O3S/c21-14-6-2-1-5-13(14)9-10-18(28)24-20(30)26-25-19(29)12-11-17(27)23-16-8-4-3-7-15(16)22/h1-10H,11-12H2,(H,23,27)(H,25,29)(H2,24,26,28,30). The van der Waals surface area contributed by atoms with Crippen LogP contribution in [-0.4, -0.2) is 22.8 Å². The van der Waals surface area contributed by atoms with Crippen LogP contribution in [0.1, 0.15) is 18.4 Å².